The van der Waals surface area contributed by atoms with E-state index in [-0.39, 0.29) is 5.78 Å². The van der Waals surface area contributed by atoms with Crippen molar-refractivity contribution in [1.29, 1.82) is 0 Å². The third-order valence-corrected chi connectivity index (χ3v) is 7.56. The van der Waals surface area contributed by atoms with Crippen LogP contribution in [0.5, 0.6) is 0 Å². The maximum absolute atomic E-state index is 12.0. The smallest absolute Gasteiger partial charge is 0.181 e. The van der Waals surface area contributed by atoms with Gasteiger partial charge in [0.2, 0.25) is 0 Å². The summed E-state index contributed by atoms with van der Waals surface area (Å²) in [6.07, 6.45) is 13.1. The van der Waals surface area contributed by atoms with Crippen LogP contribution in [-0.2, 0) is 4.79 Å². The highest BCUT2D eigenvalue weighted by molar-refractivity contribution is 6.05. The number of hydrogen-bond donors (Lipinski definition) is 0. The lowest BCUT2D eigenvalue weighted by molar-refractivity contribution is -0.112. The zero-order valence-electron chi connectivity index (χ0n) is 13.8. The molecule has 3 fully saturated rings. The molecule has 0 spiro atoms. The van der Waals surface area contributed by atoms with Gasteiger partial charge in [-0.25, -0.2) is 0 Å². The number of hydrogen-bond acceptors (Lipinski definition) is 1. The lowest BCUT2D eigenvalue weighted by Gasteiger charge is -2.55. The number of carbonyl (C=O) groups is 1. The van der Waals surface area contributed by atoms with Gasteiger partial charge in [-0.2, -0.15) is 0 Å². The molecule has 22 heavy (non-hydrogen) atoms. The van der Waals surface area contributed by atoms with Gasteiger partial charge in [0.1, 0.15) is 0 Å². The number of fused-ring (bicyclic) bond motifs is 5. The fourth-order valence-electron chi connectivity index (χ4n) is 6.46. The van der Waals surface area contributed by atoms with Crippen LogP contribution < -0.4 is 0 Å². The van der Waals surface area contributed by atoms with Crippen molar-refractivity contribution in [1.82, 2.24) is 0 Å². The van der Waals surface area contributed by atoms with Crippen molar-refractivity contribution in [2.75, 3.05) is 0 Å². The fourth-order valence-corrected chi connectivity index (χ4v) is 6.46. The molecule has 4 aliphatic rings. The Morgan fingerprint density at radius 3 is 2.86 bits per heavy atom. The lowest BCUT2D eigenvalue weighted by atomic mass is 9.49. The molecule has 4 aliphatic carbocycles. The molecule has 0 aromatic rings. The van der Waals surface area contributed by atoms with Gasteiger partial charge >= 0.3 is 0 Å². The minimum atomic E-state index is 0.175. The van der Waals surface area contributed by atoms with Crippen LogP contribution >= 0.6 is 0 Å². The summed E-state index contributed by atoms with van der Waals surface area (Å²) in [4.78, 5) is 12.0. The number of rotatable bonds is 1. The minimum absolute atomic E-state index is 0.175. The average molecular weight is 296 g/mol. The highest BCUT2D eigenvalue weighted by atomic mass is 16.1. The monoisotopic (exact) mass is 296 g/mol. The molecule has 0 aromatic heterocycles. The first-order valence-electron chi connectivity index (χ1n) is 9.08. The zero-order chi connectivity index (χ0) is 15.5. The van der Waals surface area contributed by atoms with E-state index in [9.17, 15) is 4.79 Å². The van der Waals surface area contributed by atoms with Crippen LogP contribution in [0.15, 0.2) is 36.5 Å². The topological polar surface area (TPSA) is 17.1 Å². The summed E-state index contributed by atoms with van der Waals surface area (Å²) in [5.41, 5.74) is 2.82. The second-order valence-electron chi connectivity index (χ2n) is 8.53. The molecule has 6 atom stereocenters. The first-order valence-corrected chi connectivity index (χ1v) is 9.08. The van der Waals surface area contributed by atoms with Gasteiger partial charge in [-0.15, -0.1) is 6.58 Å². The predicted octanol–water partition coefficient (Wildman–Crippen LogP) is 5.10. The first kappa shape index (κ1) is 14.5. The van der Waals surface area contributed by atoms with E-state index >= 15 is 0 Å². The van der Waals surface area contributed by atoms with Crippen LogP contribution in [0.1, 0.15) is 51.9 Å². The number of carbonyl (C=O) groups excluding carboxylic acids is 1. The predicted molar refractivity (Wildman–Crippen MR) is 90.3 cm³/mol. The molecule has 0 unspecified atom stereocenters. The summed E-state index contributed by atoms with van der Waals surface area (Å²) in [6.45, 7) is 10.7. The van der Waals surface area contributed by atoms with Gasteiger partial charge in [0.05, 0.1) is 0 Å². The van der Waals surface area contributed by atoms with Crippen molar-refractivity contribution >= 4 is 5.78 Å². The van der Waals surface area contributed by atoms with Crippen molar-refractivity contribution in [3.63, 3.8) is 0 Å². The van der Waals surface area contributed by atoms with Gasteiger partial charge in [-0.3, -0.25) is 4.79 Å². The number of allylic oxidation sites excluding steroid dienone is 3. The second kappa shape index (κ2) is 4.94. The van der Waals surface area contributed by atoms with E-state index in [1.807, 2.05) is 6.08 Å². The SMILES string of the molecule is C=C[C@@H]1CC2=CC(=O)C(=C)C[C@@H]2[C@H]2CC[C@]3(C)CCC[C@H]3[C@@H]21. The van der Waals surface area contributed by atoms with Gasteiger partial charge in [-0.05, 0) is 85.2 Å². The molecule has 0 aliphatic heterocycles. The molecule has 1 nitrogen and oxygen atoms in total. The van der Waals surface area contributed by atoms with Crippen molar-refractivity contribution < 1.29 is 4.79 Å². The van der Waals surface area contributed by atoms with E-state index in [2.05, 4.69) is 26.2 Å². The normalized spacial score (nSPS) is 47.3. The minimum Gasteiger partial charge on any atom is -0.290 e. The Labute approximate surface area is 134 Å². The molecule has 0 heterocycles. The highest BCUT2D eigenvalue weighted by Crippen LogP contribution is 2.63. The first-order chi connectivity index (χ1) is 10.5. The van der Waals surface area contributed by atoms with Gasteiger partial charge in [0.15, 0.2) is 5.78 Å². The maximum atomic E-state index is 12.0. The summed E-state index contributed by atoms with van der Waals surface area (Å²) in [5.74, 6) is 3.77. The van der Waals surface area contributed by atoms with E-state index in [4.69, 9.17) is 0 Å². The summed E-state index contributed by atoms with van der Waals surface area (Å²) in [6, 6.07) is 0. The van der Waals surface area contributed by atoms with Crippen LogP contribution in [0.2, 0.25) is 0 Å². The summed E-state index contributed by atoms with van der Waals surface area (Å²) in [5, 5.41) is 0. The second-order valence-corrected chi connectivity index (χ2v) is 8.53. The molecular formula is C21H28O. The molecule has 0 aromatic carbocycles. The van der Waals surface area contributed by atoms with Gasteiger partial charge in [-0.1, -0.05) is 31.6 Å². The molecule has 0 saturated heterocycles. The molecule has 0 radical (unpaired) electrons. The fraction of sp³-hybridized carbons (Fsp3) is 0.667. The molecular weight excluding hydrogens is 268 g/mol. The largest absolute Gasteiger partial charge is 0.290 e. The van der Waals surface area contributed by atoms with E-state index in [1.165, 1.54) is 37.7 Å². The van der Waals surface area contributed by atoms with Crippen molar-refractivity contribution in [2.24, 2.45) is 35.0 Å². The quantitative estimate of drug-likeness (QED) is 0.486. The molecule has 0 N–H and O–H groups in total. The van der Waals surface area contributed by atoms with Crippen molar-refractivity contribution in [2.45, 2.75) is 51.9 Å². The Kier molecular flexibility index (Phi) is 3.25. The van der Waals surface area contributed by atoms with Crippen LogP contribution in [0, 0.1) is 35.0 Å². The van der Waals surface area contributed by atoms with E-state index in [0.29, 0.717) is 17.3 Å². The van der Waals surface area contributed by atoms with Crippen LogP contribution in [-0.4, -0.2) is 5.78 Å². The molecule has 1 heteroatoms. The van der Waals surface area contributed by atoms with Gasteiger partial charge in [0.25, 0.3) is 0 Å². The number of ketones is 1. The molecule has 0 amide bonds. The standard InChI is InChI=1S/C21H28O/c1-4-14-11-15-12-19(22)13(2)10-17(15)16-7-9-21(3)8-5-6-18(21)20(14)16/h4,12,14,16-18,20H,1-2,5-11H2,3H3/t14-,16-,17+,18+,20-,21+/m1/s1. The molecule has 0 bridgehead atoms. The third kappa shape index (κ3) is 1.94. The van der Waals surface area contributed by atoms with Gasteiger partial charge in [0, 0.05) is 0 Å². The zero-order valence-corrected chi connectivity index (χ0v) is 13.8. The molecule has 4 rings (SSSR count). The Hall–Kier alpha value is -1.11. The highest BCUT2D eigenvalue weighted by Gasteiger charge is 2.54. The summed E-state index contributed by atoms with van der Waals surface area (Å²) >= 11 is 0. The van der Waals surface area contributed by atoms with E-state index in [1.54, 1.807) is 0 Å². The summed E-state index contributed by atoms with van der Waals surface area (Å²) in [7, 11) is 0. The summed E-state index contributed by atoms with van der Waals surface area (Å²) < 4.78 is 0. The Morgan fingerprint density at radius 1 is 1.27 bits per heavy atom. The van der Waals surface area contributed by atoms with Crippen molar-refractivity contribution in [3.05, 3.63) is 36.5 Å². The van der Waals surface area contributed by atoms with Crippen molar-refractivity contribution in [3.8, 4) is 0 Å². The molecule has 118 valence electrons. The molecule has 3 saturated carbocycles. The van der Waals surface area contributed by atoms with Crippen LogP contribution in [0.3, 0.4) is 0 Å². The third-order valence-electron chi connectivity index (χ3n) is 7.56. The van der Waals surface area contributed by atoms with E-state index in [0.717, 1.165) is 36.2 Å². The van der Waals surface area contributed by atoms with E-state index < -0.39 is 0 Å². The Morgan fingerprint density at radius 2 is 2.09 bits per heavy atom. The Bertz CT molecular complexity index is 568. The van der Waals surface area contributed by atoms with Crippen LogP contribution in [0.4, 0.5) is 0 Å². The average Bonchev–Trinajstić information content (AvgIpc) is 2.89. The van der Waals surface area contributed by atoms with Gasteiger partial charge < -0.3 is 0 Å². The Balaban J connectivity index is 1.73. The maximum Gasteiger partial charge on any atom is 0.181 e. The van der Waals surface area contributed by atoms with Crippen LogP contribution in [0.25, 0.3) is 0 Å². The lowest BCUT2D eigenvalue weighted by Crippen LogP contribution is -2.48.